The van der Waals surface area contributed by atoms with Crippen molar-refractivity contribution in [3.8, 4) is 17.3 Å². The van der Waals surface area contributed by atoms with Gasteiger partial charge in [0.2, 0.25) is 0 Å². The molecule has 4 heterocycles. The van der Waals surface area contributed by atoms with Crippen molar-refractivity contribution < 1.29 is 9.21 Å². The molecule has 0 atom stereocenters. The molecule has 0 spiro atoms. The van der Waals surface area contributed by atoms with Gasteiger partial charge in [0.15, 0.2) is 17.4 Å². The zero-order valence-corrected chi connectivity index (χ0v) is 14.9. The topological polar surface area (TPSA) is 132 Å². The molecule has 3 aromatic heterocycles. The van der Waals surface area contributed by atoms with Gasteiger partial charge in [-0.2, -0.15) is 5.10 Å². The Morgan fingerprint density at radius 3 is 2.70 bits per heavy atom. The van der Waals surface area contributed by atoms with E-state index in [4.69, 9.17) is 15.9 Å². The minimum atomic E-state index is -0.577. The molecule has 27 heavy (non-hydrogen) atoms. The number of carbonyl (C=O) groups excluding carboxylic acids is 1. The molecule has 4 N–H and O–H groups in total. The summed E-state index contributed by atoms with van der Waals surface area (Å²) in [6.07, 6.45) is 6.08. The van der Waals surface area contributed by atoms with Gasteiger partial charge in [-0.3, -0.25) is 4.79 Å². The summed E-state index contributed by atoms with van der Waals surface area (Å²) in [5.74, 6) is 0.494. The van der Waals surface area contributed by atoms with Crippen molar-refractivity contribution in [1.29, 1.82) is 0 Å². The largest absolute Gasteiger partial charge is 0.460 e. The zero-order valence-electron chi connectivity index (χ0n) is 14.9. The first-order chi connectivity index (χ1) is 13.0. The van der Waals surface area contributed by atoms with Crippen molar-refractivity contribution in [3.63, 3.8) is 0 Å². The summed E-state index contributed by atoms with van der Waals surface area (Å²) in [5.41, 5.74) is 13.0. The standard InChI is InChI=1S/C17H20N8O2/c1-23-2-4-24(5-3-23)12-6-14(27-10-12)13-8-20-15(18)17(22-13)25-9-11(7-21-25)16(19)26/h6-10H,2-5H2,1H3,(H2,18,20)(H2,19,26). The summed E-state index contributed by atoms with van der Waals surface area (Å²) >= 11 is 0. The molecule has 1 aliphatic heterocycles. The number of likely N-dealkylation sites (N-methyl/N-ethyl adjacent to an activating group) is 1. The average molecular weight is 368 g/mol. The number of primary amides is 1. The minimum absolute atomic E-state index is 0.184. The Hall–Kier alpha value is -3.40. The van der Waals surface area contributed by atoms with Crippen LogP contribution in [0.5, 0.6) is 0 Å². The molecular formula is C17H20N8O2. The molecule has 3 aromatic rings. The van der Waals surface area contributed by atoms with Gasteiger partial charge in [0.05, 0.1) is 23.6 Å². The van der Waals surface area contributed by atoms with Crippen molar-refractivity contribution in [2.75, 3.05) is 43.9 Å². The van der Waals surface area contributed by atoms with Gasteiger partial charge < -0.3 is 25.7 Å². The number of amides is 1. The fourth-order valence-electron chi connectivity index (χ4n) is 2.93. The molecule has 10 heteroatoms. The maximum atomic E-state index is 11.3. The lowest BCUT2D eigenvalue weighted by molar-refractivity contribution is 0.100. The molecule has 1 fully saturated rings. The van der Waals surface area contributed by atoms with Crippen molar-refractivity contribution >= 4 is 17.4 Å². The molecule has 140 valence electrons. The summed E-state index contributed by atoms with van der Waals surface area (Å²) in [4.78, 5) is 24.5. The fourth-order valence-corrected chi connectivity index (χ4v) is 2.93. The highest BCUT2D eigenvalue weighted by molar-refractivity contribution is 5.92. The van der Waals surface area contributed by atoms with Crippen LogP contribution in [-0.4, -0.2) is 63.8 Å². The van der Waals surface area contributed by atoms with E-state index in [1.54, 1.807) is 12.5 Å². The second-order valence-corrected chi connectivity index (χ2v) is 6.46. The van der Waals surface area contributed by atoms with Crippen LogP contribution in [0.3, 0.4) is 0 Å². The summed E-state index contributed by atoms with van der Waals surface area (Å²) in [6, 6.07) is 1.94. The van der Waals surface area contributed by atoms with E-state index >= 15 is 0 Å². The van der Waals surface area contributed by atoms with Crippen LogP contribution in [0.1, 0.15) is 10.4 Å². The Labute approximate surface area is 155 Å². The van der Waals surface area contributed by atoms with E-state index in [9.17, 15) is 4.79 Å². The molecule has 0 aliphatic carbocycles. The van der Waals surface area contributed by atoms with Crippen LogP contribution in [-0.2, 0) is 0 Å². The van der Waals surface area contributed by atoms with Gasteiger partial charge in [-0.15, -0.1) is 0 Å². The van der Waals surface area contributed by atoms with Gasteiger partial charge in [0.1, 0.15) is 12.0 Å². The van der Waals surface area contributed by atoms with Gasteiger partial charge in [0, 0.05) is 38.4 Å². The summed E-state index contributed by atoms with van der Waals surface area (Å²) in [6.45, 7) is 3.90. The highest BCUT2D eigenvalue weighted by Gasteiger charge is 2.18. The molecule has 0 bridgehead atoms. The maximum Gasteiger partial charge on any atom is 0.251 e. The Morgan fingerprint density at radius 2 is 2.00 bits per heavy atom. The van der Waals surface area contributed by atoms with Crippen molar-refractivity contribution in [2.45, 2.75) is 0 Å². The van der Waals surface area contributed by atoms with E-state index < -0.39 is 5.91 Å². The van der Waals surface area contributed by atoms with Gasteiger partial charge >= 0.3 is 0 Å². The van der Waals surface area contributed by atoms with E-state index in [2.05, 4.69) is 31.9 Å². The number of nitrogen functional groups attached to an aromatic ring is 1. The highest BCUT2D eigenvalue weighted by atomic mass is 16.3. The van der Waals surface area contributed by atoms with Crippen LogP contribution in [0, 0.1) is 0 Å². The number of nitrogens with two attached hydrogens (primary N) is 2. The van der Waals surface area contributed by atoms with E-state index in [1.807, 2.05) is 6.07 Å². The minimum Gasteiger partial charge on any atom is -0.460 e. The normalized spacial score (nSPS) is 15.2. The Kier molecular flexibility index (Phi) is 4.24. The summed E-state index contributed by atoms with van der Waals surface area (Å²) < 4.78 is 7.07. The number of carbonyl (C=O) groups is 1. The Balaban J connectivity index is 1.62. The van der Waals surface area contributed by atoms with E-state index in [0.29, 0.717) is 17.3 Å². The molecule has 4 rings (SSSR count). The first kappa shape index (κ1) is 17.0. The van der Waals surface area contributed by atoms with Crippen molar-refractivity contribution in [3.05, 3.63) is 36.5 Å². The average Bonchev–Trinajstić information content (AvgIpc) is 3.33. The summed E-state index contributed by atoms with van der Waals surface area (Å²) in [7, 11) is 2.11. The number of furan rings is 1. The third-order valence-corrected chi connectivity index (χ3v) is 4.57. The number of piperazine rings is 1. The number of anilines is 2. The number of hydrogen-bond donors (Lipinski definition) is 2. The molecule has 0 saturated carbocycles. The molecule has 1 aliphatic rings. The first-order valence-electron chi connectivity index (χ1n) is 8.51. The quantitative estimate of drug-likeness (QED) is 0.674. The molecule has 0 unspecified atom stereocenters. The Bertz CT molecular complexity index is 971. The summed E-state index contributed by atoms with van der Waals surface area (Å²) in [5, 5.41) is 4.08. The van der Waals surface area contributed by atoms with Gasteiger partial charge in [-0.05, 0) is 7.05 Å². The lowest BCUT2D eigenvalue weighted by atomic mass is 10.2. The number of hydrogen-bond acceptors (Lipinski definition) is 8. The van der Waals surface area contributed by atoms with E-state index in [0.717, 1.165) is 31.9 Å². The van der Waals surface area contributed by atoms with Gasteiger partial charge in [-0.1, -0.05) is 0 Å². The smallest absolute Gasteiger partial charge is 0.251 e. The van der Waals surface area contributed by atoms with Crippen LogP contribution < -0.4 is 16.4 Å². The monoisotopic (exact) mass is 368 g/mol. The number of rotatable bonds is 4. The predicted molar refractivity (Wildman–Crippen MR) is 99.5 cm³/mol. The first-order valence-corrected chi connectivity index (χ1v) is 8.51. The fraction of sp³-hybridized carbons (Fsp3) is 0.294. The molecule has 1 saturated heterocycles. The molecule has 1 amide bonds. The van der Waals surface area contributed by atoms with Gasteiger partial charge in [-0.25, -0.2) is 14.6 Å². The maximum absolute atomic E-state index is 11.3. The van der Waals surface area contributed by atoms with Crippen molar-refractivity contribution in [2.24, 2.45) is 5.73 Å². The van der Waals surface area contributed by atoms with E-state index in [1.165, 1.54) is 17.1 Å². The van der Waals surface area contributed by atoms with Gasteiger partial charge in [0.25, 0.3) is 5.91 Å². The second-order valence-electron chi connectivity index (χ2n) is 6.46. The van der Waals surface area contributed by atoms with Crippen LogP contribution >= 0.6 is 0 Å². The molecule has 10 nitrogen and oxygen atoms in total. The third kappa shape index (κ3) is 3.34. The van der Waals surface area contributed by atoms with Crippen LogP contribution in [0.4, 0.5) is 11.5 Å². The lowest BCUT2D eigenvalue weighted by Gasteiger charge is -2.32. The lowest BCUT2D eigenvalue weighted by Crippen LogP contribution is -2.44. The van der Waals surface area contributed by atoms with Crippen LogP contribution in [0.15, 0.2) is 35.3 Å². The number of aromatic nitrogens is 4. The van der Waals surface area contributed by atoms with Crippen LogP contribution in [0.25, 0.3) is 17.3 Å². The molecule has 0 aromatic carbocycles. The van der Waals surface area contributed by atoms with Crippen LogP contribution in [0.2, 0.25) is 0 Å². The molecule has 0 radical (unpaired) electrons. The predicted octanol–water partition coefficient (Wildman–Crippen LogP) is 0.355. The Morgan fingerprint density at radius 1 is 1.22 bits per heavy atom. The van der Waals surface area contributed by atoms with Crippen molar-refractivity contribution in [1.82, 2.24) is 24.6 Å². The third-order valence-electron chi connectivity index (χ3n) is 4.57. The highest BCUT2D eigenvalue weighted by Crippen LogP contribution is 2.27. The zero-order chi connectivity index (χ0) is 19.0. The van der Waals surface area contributed by atoms with E-state index in [-0.39, 0.29) is 11.4 Å². The number of nitrogens with zero attached hydrogens (tertiary/aromatic N) is 6. The SMILES string of the molecule is CN1CCN(c2coc(-c3cnc(N)c(-n4cc(C(N)=O)cn4)n3)c2)CC1. The molecular weight excluding hydrogens is 348 g/mol. The second kappa shape index (κ2) is 6.72.